The fourth-order valence-corrected chi connectivity index (χ4v) is 3.17. The molecule has 6 heteroatoms. The average molecular weight is 368 g/mol. The number of imidazole rings is 1. The number of aromatic nitrogens is 2. The summed E-state index contributed by atoms with van der Waals surface area (Å²) < 4.78 is 0. The quantitative estimate of drug-likeness (QED) is 0.669. The van der Waals surface area contributed by atoms with Crippen LogP contribution in [0.3, 0.4) is 0 Å². The van der Waals surface area contributed by atoms with Crippen molar-refractivity contribution in [3.05, 3.63) is 77.3 Å². The van der Waals surface area contributed by atoms with Crippen LogP contribution in [0.2, 0.25) is 0 Å². The SMILES string of the molecule is N#Cc1ccc(C(=O)Cc2nc3c(C(=O)CC4=NC=CC4)cccc3[nH]2)cc1. The van der Waals surface area contributed by atoms with Gasteiger partial charge in [-0.25, -0.2) is 4.98 Å². The summed E-state index contributed by atoms with van der Waals surface area (Å²) in [5, 5.41) is 8.86. The molecular formula is C22H16N4O2. The maximum absolute atomic E-state index is 12.7. The van der Waals surface area contributed by atoms with Gasteiger partial charge in [0.2, 0.25) is 0 Å². The lowest BCUT2D eigenvalue weighted by Gasteiger charge is -2.01. The first-order valence-electron chi connectivity index (χ1n) is 8.89. The van der Waals surface area contributed by atoms with Crippen molar-refractivity contribution in [1.82, 2.24) is 9.97 Å². The van der Waals surface area contributed by atoms with Gasteiger partial charge in [0, 0.05) is 35.9 Å². The third-order valence-electron chi connectivity index (χ3n) is 4.61. The van der Waals surface area contributed by atoms with E-state index in [4.69, 9.17) is 5.26 Å². The molecule has 1 N–H and O–H groups in total. The van der Waals surface area contributed by atoms with Gasteiger partial charge in [-0.15, -0.1) is 0 Å². The zero-order valence-corrected chi connectivity index (χ0v) is 15.0. The van der Waals surface area contributed by atoms with Crippen molar-refractivity contribution in [2.45, 2.75) is 19.3 Å². The summed E-state index contributed by atoms with van der Waals surface area (Å²) in [6, 6.07) is 13.9. The van der Waals surface area contributed by atoms with Crippen molar-refractivity contribution in [2.24, 2.45) is 4.99 Å². The fourth-order valence-electron chi connectivity index (χ4n) is 3.17. The number of ketones is 2. The minimum absolute atomic E-state index is 0.0375. The number of allylic oxidation sites excluding steroid dienone is 1. The molecule has 0 aliphatic carbocycles. The first-order chi connectivity index (χ1) is 13.6. The molecule has 0 saturated heterocycles. The molecule has 2 aromatic carbocycles. The van der Waals surface area contributed by atoms with Crippen LogP contribution in [-0.4, -0.2) is 27.2 Å². The van der Waals surface area contributed by atoms with Crippen molar-refractivity contribution in [3.63, 3.8) is 0 Å². The Morgan fingerprint density at radius 1 is 1.07 bits per heavy atom. The van der Waals surface area contributed by atoms with E-state index in [9.17, 15) is 9.59 Å². The molecule has 0 amide bonds. The van der Waals surface area contributed by atoms with Gasteiger partial charge in [-0.05, 0) is 24.3 Å². The molecule has 2 heterocycles. The molecular weight excluding hydrogens is 352 g/mol. The highest BCUT2D eigenvalue weighted by Gasteiger charge is 2.17. The number of nitriles is 1. The minimum Gasteiger partial charge on any atom is -0.342 e. The van der Waals surface area contributed by atoms with Crippen LogP contribution in [0, 0.1) is 11.3 Å². The molecule has 0 saturated carbocycles. The number of carbonyl (C=O) groups excluding carboxylic acids is 2. The Labute approximate surface area is 161 Å². The van der Waals surface area contributed by atoms with Crippen molar-refractivity contribution >= 4 is 28.3 Å². The molecule has 0 unspecified atom stereocenters. The zero-order chi connectivity index (χ0) is 19.5. The summed E-state index contributed by atoms with van der Waals surface area (Å²) in [5.74, 6) is 0.358. The molecule has 28 heavy (non-hydrogen) atoms. The Morgan fingerprint density at radius 2 is 1.89 bits per heavy atom. The van der Waals surface area contributed by atoms with E-state index in [0.29, 0.717) is 34.5 Å². The van der Waals surface area contributed by atoms with Gasteiger partial charge < -0.3 is 4.98 Å². The van der Waals surface area contributed by atoms with Crippen LogP contribution >= 0.6 is 0 Å². The monoisotopic (exact) mass is 368 g/mol. The van der Waals surface area contributed by atoms with Crippen LogP contribution in [-0.2, 0) is 6.42 Å². The highest BCUT2D eigenvalue weighted by atomic mass is 16.1. The predicted molar refractivity (Wildman–Crippen MR) is 105 cm³/mol. The third-order valence-corrected chi connectivity index (χ3v) is 4.61. The zero-order valence-electron chi connectivity index (χ0n) is 15.0. The Kier molecular flexibility index (Phi) is 4.65. The minimum atomic E-state index is -0.109. The van der Waals surface area contributed by atoms with E-state index in [0.717, 1.165) is 11.2 Å². The largest absolute Gasteiger partial charge is 0.342 e. The van der Waals surface area contributed by atoms with Crippen molar-refractivity contribution in [2.75, 3.05) is 0 Å². The van der Waals surface area contributed by atoms with Crippen LogP contribution in [0.4, 0.5) is 0 Å². The number of fused-ring (bicyclic) bond motifs is 1. The van der Waals surface area contributed by atoms with Gasteiger partial charge in [0.15, 0.2) is 11.6 Å². The molecule has 6 nitrogen and oxygen atoms in total. The standard InChI is InChI=1S/C22H16N4O2/c23-13-14-6-8-15(9-7-14)19(27)12-21-25-18-5-1-4-17(22(18)26-21)20(28)11-16-3-2-10-24-16/h1-2,4-10H,3,11-12H2,(H,25,26). The highest BCUT2D eigenvalue weighted by molar-refractivity contribution is 6.15. The molecule has 0 radical (unpaired) electrons. The molecule has 0 fully saturated rings. The van der Waals surface area contributed by atoms with E-state index >= 15 is 0 Å². The van der Waals surface area contributed by atoms with Crippen molar-refractivity contribution in [1.29, 1.82) is 5.26 Å². The number of hydrogen-bond donors (Lipinski definition) is 1. The summed E-state index contributed by atoms with van der Waals surface area (Å²) in [7, 11) is 0. The molecule has 0 atom stereocenters. The second-order valence-corrected chi connectivity index (χ2v) is 6.56. The van der Waals surface area contributed by atoms with E-state index in [-0.39, 0.29) is 24.4 Å². The number of rotatable bonds is 6. The van der Waals surface area contributed by atoms with Crippen LogP contribution in [0.5, 0.6) is 0 Å². The summed E-state index contributed by atoms with van der Waals surface area (Å²) >= 11 is 0. The maximum Gasteiger partial charge on any atom is 0.170 e. The van der Waals surface area contributed by atoms with Crippen LogP contribution in [0.25, 0.3) is 11.0 Å². The first-order valence-corrected chi connectivity index (χ1v) is 8.89. The molecule has 1 aliphatic heterocycles. The Morgan fingerprint density at radius 3 is 2.61 bits per heavy atom. The topological polar surface area (TPSA) is 99.0 Å². The second kappa shape index (κ2) is 7.41. The van der Waals surface area contributed by atoms with Gasteiger partial charge in [0.25, 0.3) is 0 Å². The number of H-pyrrole nitrogens is 1. The van der Waals surface area contributed by atoms with E-state index in [1.54, 1.807) is 42.6 Å². The second-order valence-electron chi connectivity index (χ2n) is 6.56. The van der Waals surface area contributed by atoms with E-state index in [1.807, 2.05) is 18.2 Å². The van der Waals surface area contributed by atoms with E-state index in [1.165, 1.54) is 0 Å². The molecule has 0 bridgehead atoms. The number of benzene rings is 2. The Hall–Kier alpha value is -3.85. The summed E-state index contributed by atoms with van der Waals surface area (Å²) in [4.78, 5) is 37.0. The number of nitrogens with one attached hydrogen (secondary N) is 1. The summed E-state index contributed by atoms with van der Waals surface area (Å²) in [6.07, 6.45) is 4.69. The summed E-state index contributed by atoms with van der Waals surface area (Å²) in [5.41, 5.74) is 3.68. The van der Waals surface area contributed by atoms with Gasteiger partial charge >= 0.3 is 0 Å². The number of hydrogen-bond acceptors (Lipinski definition) is 5. The Balaban J connectivity index is 1.56. The Bertz CT molecular complexity index is 1180. The molecule has 136 valence electrons. The van der Waals surface area contributed by atoms with Gasteiger partial charge in [-0.1, -0.05) is 24.3 Å². The lowest BCUT2D eigenvalue weighted by Crippen LogP contribution is -2.07. The van der Waals surface area contributed by atoms with Crippen LogP contribution in [0.15, 0.2) is 59.7 Å². The van der Waals surface area contributed by atoms with Crippen LogP contribution in [0.1, 0.15) is 44.9 Å². The molecule has 1 aliphatic rings. The normalized spacial score (nSPS) is 12.8. The van der Waals surface area contributed by atoms with E-state index in [2.05, 4.69) is 15.0 Å². The fraction of sp³-hybridized carbons (Fsp3) is 0.136. The van der Waals surface area contributed by atoms with Gasteiger partial charge in [-0.3, -0.25) is 14.6 Å². The number of aliphatic imine (C=N–C) groups is 1. The van der Waals surface area contributed by atoms with Crippen molar-refractivity contribution < 1.29 is 9.59 Å². The predicted octanol–water partition coefficient (Wildman–Crippen LogP) is 3.79. The number of carbonyl (C=O) groups is 2. The van der Waals surface area contributed by atoms with Gasteiger partial charge in [-0.2, -0.15) is 5.26 Å². The van der Waals surface area contributed by atoms with Crippen LogP contribution < -0.4 is 0 Å². The number of para-hydroxylation sites is 1. The third kappa shape index (κ3) is 3.51. The maximum atomic E-state index is 12.7. The van der Waals surface area contributed by atoms with Crippen molar-refractivity contribution in [3.8, 4) is 6.07 Å². The summed E-state index contributed by atoms with van der Waals surface area (Å²) in [6.45, 7) is 0. The van der Waals surface area contributed by atoms with Gasteiger partial charge in [0.1, 0.15) is 5.82 Å². The first kappa shape index (κ1) is 17.6. The number of nitrogens with zero attached hydrogens (tertiary/aromatic N) is 3. The molecule has 3 aromatic rings. The lowest BCUT2D eigenvalue weighted by molar-refractivity contribution is 0.0987. The number of aromatic amines is 1. The average Bonchev–Trinajstić information content (AvgIpc) is 3.36. The van der Waals surface area contributed by atoms with Gasteiger partial charge in [0.05, 0.1) is 29.1 Å². The highest BCUT2D eigenvalue weighted by Crippen LogP contribution is 2.20. The molecule has 4 rings (SSSR count). The molecule has 0 spiro atoms. The van der Waals surface area contributed by atoms with E-state index < -0.39 is 0 Å². The molecule has 1 aromatic heterocycles. The smallest absolute Gasteiger partial charge is 0.170 e. The number of Topliss-reactive ketones (excluding diaryl/α,β-unsaturated/α-hetero) is 2. The lowest BCUT2D eigenvalue weighted by atomic mass is 10.0.